The molecule has 0 aliphatic carbocycles. The van der Waals surface area contributed by atoms with Crippen molar-refractivity contribution in [2.24, 2.45) is 5.92 Å². The summed E-state index contributed by atoms with van der Waals surface area (Å²) in [5.41, 5.74) is 0. The van der Waals surface area contributed by atoms with Gasteiger partial charge in [0.1, 0.15) is 5.75 Å². The molecule has 1 unspecified atom stereocenters. The van der Waals surface area contributed by atoms with Gasteiger partial charge in [0.25, 0.3) is 0 Å². The van der Waals surface area contributed by atoms with Crippen LogP contribution >= 0.6 is 23.2 Å². The number of hydrogen-bond donors (Lipinski definition) is 0. The Bertz CT molecular complexity index is 584. The summed E-state index contributed by atoms with van der Waals surface area (Å²) in [7, 11) is 0. The lowest BCUT2D eigenvalue weighted by Gasteiger charge is -2.13. The largest absolute Gasteiger partial charge is 0.462 e. The summed E-state index contributed by atoms with van der Waals surface area (Å²) in [5.74, 6) is -0.755. The predicted molar refractivity (Wildman–Crippen MR) is 95.5 cm³/mol. The van der Waals surface area contributed by atoms with Crippen LogP contribution in [0.25, 0.3) is 0 Å². The quantitative estimate of drug-likeness (QED) is 0.339. The molecule has 1 aromatic rings. The van der Waals surface area contributed by atoms with Gasteiger partial charge in [-0.2, -0.15) is 0 Å². The minimum absolute atomic E-state index is 0.176. The van der Waals surface area contributed by atoms with E-state index in [0.29, 0.717) is 17.5 Å². The normalized spacial score (nSPS) is 12.2. The number of esters is 2. The molecule has 0 bridgehead atoms. The molecule has 0 aromatic heterocycles. The highest BCUT2D eigenvalue weighted by atomic mass is 35.5. The third-order valence-electron chi connectivity index (χ3n) is 3.46. The molecule has 24 heavy (non-hydrogen) atoms. The Balaban J connectivity index is 2.43. The first-order chi connectivity index (χ1) is 11.5. The Morgan fingerprint density at radius 1 is 1.17 bits per heavy atom. The van der Waals surface area contributed by atoms with Gasteiger partial charge in [0.2, 0.25) is 0 Å². The average molecular weight is 373 g/mol. The van der Waals surface area contributed by atoms with Gasteiger partial charge >= 0.3 is 11.9 Å². The SMILES string of the molecule is CCCCC(CC)COC(=O)/C=C/C(=O)Oc1ccc(Cl)cc1Cl. The van der Waals surface area contributed by atoms with Crippen LogP contribution in [0, 0.1) is 5.92 Å². The van der Waals surface area contributed by atoms with Gasteiger partial charge in [-0.3, -0.25) is 0 Å². The molecule has 0 amide bonds. The van der Waals surface area contributed by atoms with Gasteiger partial charge in [0.05, 0.1) is 11.6 Å². The summed E-state index contributed by atoms with van der Waals surface area (Å²) < 4.78 is 10.2. The van der Waals surface area contributed by atoms with Gasteiger partial charge < -0.3 is 9.47 Å². The Morgan fingerprint density at radius 3 is 2.50 bits per heavy atom. The second kappa shape index (κ2) is 11.1. The Kier molecular flexibility index (Phi) is 9.50. The lowest BCUT2D eigenvalue weighted by Crippen LogP contribution is -2.13. The summed E-state index contributed by atoms with van der Waals surface area (Å²) >= 11 is 11.7. The molecule has 0 saturated heterocycles. The highest BCUT2D eigenvalue weighted by Gasteiger charge is 2.10. The number of unbranched alkanes of at least 4 members (excludes halogenated alkanes) is 1. The van der Waals surface area contributed by atoms with Crippen LogP contribution in [0.1, 0.15) is 39.5 Å². The number of carbonyl (C=O) groups excluding carboxylic acids is 2. The van der Waals surface area contributed by atoms with Crippen molar-refractivity contribution in [2.75, 3.05) is 6.61 Å². The van der Waals surface area contributed by atoms with Gasteiger partial charge in [-0.25, -0.2) is 9.59 Å². The van der Waals surface area contributed by atoms with E-state index in [1.807, 2.05) is 0 Å². The van der Waals surface area contributed by atoms with E-state index >= 15 is 0 Å². The molecule has 0 fully saturated rings. The van der Waals surface area contributed by atoms with Crippen molar-refractivity contribution >= 4 is 35.1 Å². The topological polar surface area (TPSA) is 52.6 Å². The molecule has 0 spiro atoms. The Hall–Kier alpha value is -1.52. The minimum atomic E-state index is -0.714. The first-order valence-corrected chi connectivity index (χ1v) is 8.73. The van der Waals surface area contributed by atoms with Crippen LogP contribution < -0.4 is 4.74 Å². The maximum absolute atomic E-state index is 11.7. The summed E-state index contributed by atoms with van der Waals surface area (Å²) in [6, 6.07) is 4.49. The smallest absolute Gasteiger partial charge is 0.336 e. The molecule has 1 atom stereocenters. The first kappa shape index (κ1) is 20.5. The van der Waals surface area contributed by atoms with Gasteiger partial charge in [-0.15, -0.1) is 0 Å². The maximum atomic E-state index is 11.7. The van der Waals surface area contributed by atoms with E-state index in [1.54, 1.807) is 6.07 Å². The molecular weight excluding hydrogens is 351 g/mol. The zero-order valence-electron chi connectivity index (χ0n) is 13.9. The summed E-state index contributed by atoms with van der Waals surface area (Å²) in [6.45, 7) is 4.55. The third-order valence-corrected chi connectivity index (χ3v) is 4.00. The van der Waals surface area contributed by atoms with Crippen molar-refractivity contribution in [3.63, 3.8) is 0 Å². The van der Waals surface area contributed by atoms with E-state index in [2.05, 4.69) is 13.8 Å². The summed E-state index contributed by atoms with van der Waals surface area (Å²) in [6.07, 6.45) is 6.28. The monoisotopic (exact) mass is 372 g/mol. The standard InChI is InChI=1S/C18H22Cl2O4/c1-3-5-6-13(4-2)12-23-17(21)9-10-18(22)24-16-8-7-14(19)11-15(16)20/h7-11,13H,3-6,12H2,1-2H3/b10-9+. The van der Waals surface area contributed by atoms with E-state index in [9.17, 15) is 9.59 Å². The van der Waals surface area contributed by atoms with Gasteiger partial charge in [0, 0.05) is 17.2 Å². The van der Waals surface area contributed by atoms with Crippen LogP contribution in [-0.4, -0.2) is 18.5 Å². The number of halogens is 2. The van der Waals surface area contributed by atoms with E-state index in [0.717, 1.165) is 37.8 Å². The molecule has 4 nitrogen and oxygen atoms in total. The van der Waals surface area contributed by atoms with Crippen LogP contribution in [-0.2, 0) is 14.3 Å². The number of ether oxygens (including phenoxy) is 2. The highest BCUT2D eigenvalue weighted by Crippen LogP contribution is 2.27. The average Bonchev–Trinajstić information content (AvgIpc) is 2.55. The van der Waals surface area contributed by atoms with E-state index in [4.69, 9.17) is 32.7 Å². The van der Waals surface area contributed by atoms with Crippen molar-refractivity contribution < 1.29 is 19.1 Å². The zero-order chi connectivity index (χ0) is 17.9. The van der Waals surface area contributed by atoms with Gasteiger partial charge in [-0.05, 0) is 30.5 Å². The lowest BCUT2D eigenvalue weighted by atomic mass is 10.0. The molecule has 0 heterocycles. The summed E-state index contributed by atoms with van der Waals surface area (Å²) in [4.78, 5) is 23.3. The fourth-order valence-corrected chi connectivity index (χ4v) is 2.43. The van der Waals surface area contributed by atoms with Crippen LogP contribution in [0.3, 0.4) is 0 Å². The van der Waals surface area contributed by atoms with E-state index in [1.165, 1.54) is 12.1 Å². The van der Waals surface area contributed by atoms with Crippen LogP contribution in [0.2, 0.25) is 10.0 Å². The molecule has 1 rings (SSSR count). The predicted octanol–water partition coefficient (Wildman–Crippen LogP) is 5.21. The summed E-state index contributed by atoms with van der Waals surface area (Å²) in [5, 5.41) is 0.654. The van der Waals surface area contributed by atoms with Crippen molar-refractivity contribution in [2.45, 2.75) is 39.5 Å². The number of carbonyl (C=O) groups is 2. The second-order valence-electron chi connectivity index (χ2n) is 5.38. The highest BCUT2D eigenvalue weighted by molar-refractivity contribution is 6.35. The van der Waals surface area contributed by atoms with Crippen molar-refractivity contribution in [3.8, 4) is 5.75 Å². The Morgan fingerprint density at radius 2 is 1.88 bits per heavy atom. The Labute approximate surface area is 152 Å². The maximum Gasteiger partial charge on any atom is 0.336 e. The van der Waals surface area contributed by atoms with Crippen molar-refractivity contribution in [3.05, 3.63) is 40.4 Å². The van der Waals surface area contributed by atoms with Gasteiger partial charge in [0.15, 0.2) is 0 Å². The fraction of sp³-hybridized carbons (Fsp3) is 0.444. The zero-order valence-corrected chi connectivity index (χ0v) is 15.4. The third kappa shape index (κ3) is 7.84. The van der Waals surface area contributed by atoms with Crippen molar-refractivity contribution in [1.29, 1.82) is 0 Å². The molecular formula is C18H22Cl2O4. The lowest BCUT2D eigenvalue weighted by molar-refractivity contribution is -0.139. The first-order valence-electron chi connectivity index (χ1n) is 7.97. The number of hydrogen-bond acceptors (Lipinski definition) is 4. The van der Waals surface area contributed by atoms with E-state index in [-0.39, 0.29) is 10.8 Å². The molecule has 0 N–H and O–H groups in total. The number of benzene rings is 1. The molecule has 6 heteroatoms. The van der Waals surface area contributed by atoms with Crippen LogP contribution in [0.5, 0.6) is 5.75 Å². The van der Waals surface area contributed by atoms with Crippen LogP contribution in [0.4, 0.5) is 0 Å². The molecule has 0 aliphatic rings. The number of rotatable bonds is 9. The molecule has 0 radical (unpaired) electrons. The molecule has 132 valence electrons. The van der Waals surface area contributed by atoms with Crippen LogP contribution in [0.15, 0.2) is 30.4 Å². The molecule has 0 aliphatic heterocycles. The molecule has 0 saturated carbocycles. The van der Waals surface area contributed by atoms with E-state index < -0.39 is 11.9 Å². The fourth-order valence-electron chi connectivity index (χ4n) is 1.98. The second-order valence-corrected chi connectivity index (χ2v) is 6.22. The minimum Gasteiger partial charge on any atom is -0.462 e. The molecule has 1 aromatic carbocycles. The van der Waals surface area contributed by atoms with Crippen molar-refractivity contribution in [1.82, 2.24) is 0 Å². The van der Waals surface area contributed by atoms with Gasteiger partial charge in [-0.1, -0.05) is 56.3 Å².